The molecule has 2 atom stereocenters. The molecule has 0 spiro atoms. The van der Waals surface area contributed by atoms with E-state index in [2.05, 4.69) is 187 Å². The van der Waals surface area contributed by atoms with Gasteiger partial charge in [-0.25, -0.2) is 0 Å². The van der Waals surface area contributed by atoms with Gasteiger partial charge < -0.3 is 8.85 Å². The van der Waals surface area contributed by atoms with Crippen molar-refractivity contribution >= 4 is 37.4 Å². The molecule has 0 radical (unpaired) electrons. The van der Waals surface area contributed by atoms with Crippen LogP contribution in [0.25, 0.3) is 0 Å². The number of rotatable bonds is 10. The summed E-state index contributed by atoms with van der Waals surface area (Å²) in [5, 5.41) is 5.13. The van der Waals surface area contributed by atoms with Crippen LogP contribution >= 0.6 is 0 Å². The van der Waals surface area contributed by atoms with Gasteiger partial charge in [0.05, 0.1) is 0 Å². The van der Waals surface area contributed by atoms with E-state index in [-0.39, 0.29) is 21.9 Å². The van der Waals surface area contributed by atoms with Gasteiger partial charge in [0.1, 0.15) is 0 Å². The summed E-state index contributed by atoms with van der Waals surface area (Å²) >= 11 is 0. The van der Waals surface area contributed by atoms with Crippen molar-refractivity contribution in [3.63, 3.8) is 0 Å². The first-order chi connectivity index (χ1) is 21.1. The van der Waals surface area contributed by atoms with Gasteiger partial charge in [0, 0.05) is 25.0 Å². The van der Waals surface area contributed by atoms with Gasteiger partial charge in [-0.3, -0.25) is 0 Å². The molecule has 5 rings (SSSR count). The molecule has 1 aliphatic carbocycles. The van der Waals surface area contributed by atoms with Crippen LogP contribution in [0, 0.1) is 11.8 Å². The Labute approximate surface area is 267 Å². The number of benzene rings is 4. The highest BCUT2D eigenvalue weighted by atomic mass is 28.4. The van der Waals surface area contributed by atoms with Gasteiger partial charge in [-0.1, -0.05) is 187 Å². The van der Waals surface area contributed by atoms with E-state index in [0.29, 0.717) is 13.2 Å². The van der Waals surface area contributed by atoms with Gasteiger partial charge in [-0.05, 0) is 30.8 Å². The molecular weight excluding hydrogens is 569 g/mol. The smallest absolute Gasteiger partial charge is 0.261 e. The summed E-state index contributed by atoms with van der Waals surface area (Å²) in [7, 11) is -5.30. The third-order valence-corrected chi connectivity index (χ3v) is 19.2. The van der Waals surface area contributed by atoms with Crippen LogP contribution in [0.2, 0.25) is 10.1 Å². The molecule has 0 bridgehead atoms. The topological polar surface area (TPSA) is 18.5 Å². The number of hydrogen-bond donors (Lipinski definition) is 0. The summed E-state index contributed by atoms with van der Waals surface area (Å²) in [4.78, 5) is 0. The van der Waals surface area contributed by atoms with E-state index in [1.165, 1.54) is 20.7 Å². The minimum Gasteiger partial charge on any atom is -0.407 e. The van der Waals surface area contributed by atoms with Crippen LogP contribution in [-0.4, -0.2) is 29.8 Å². The van der Waals surface area contributed by atoms with Crippen LogP contribution in [0.15, 0.2) is 146 Å². The molecule has 1 aliphatic rings. The predicted octanol–water partition coefficient (Wildman–Crippen LogP) is 7.50. The second kappa shape index (κ2) is 13.4. The van der Waals surface area contributed by atoms with Gasteiger partial charge in [-0.15, -0.1) is 0 Å². The van der Waals surface area contributed by atoms with Crippen molar-refractivity contribution in [3.8, 4) is 0 Å². The lowest BCUT2D eigenvalue weighted by atomic mass is 9.90. The molecule has 4 heteroatoms. The highest BCUT2D eigenvalue weighted by Gasteiger charge is 2.52. The van der Waals surface area contributed by atoms with Gasteiger partial charge in [0.15, 0.2) is 0 Å². The molecule has 0 heterocycles. The Morgan fingerprint density at radius 2 is 0.682 bits per heavy atom. The molecule has 0 amide bonds. The maximum Gasteiger partial charge on any atom is 0.261 e. The Bertz CT molecular complexity index is 1320. The van der Waals surface area contributed by atoms with E-state index >= 15 is 0 Å². The zero-order chi connectivity index (χ0) is 31.3. The lowest BCUT2D eigenvalue weighted by molar-refractivity contribution is 0.180. The van der Waals surface area contributed by atoms with Crippen LogP contribution in [0.1, 0.15) is 41.5 Å². The van der Waals surface area contributed by atoms with Crippen molar-refractivity contribution in [2.75, 3.05) is 13.2 Å². The third-order valence-electron chi connectivity index (χ3n) is 9.20. The molecule has 4 aromatic carbocycles. The number of allylic oxidation sites excluding steroid dienone is 2. The molecule has 228 valence electrons. The highest BCUT2D eigenvalue weighted by molar-refractivity contribution is 7.00. The van der Waals surface area contributed by atoms with Crippen molar-refractivity contribution < 1.29 is 8.85 Å². The van der Waals surface area contributed by atoms with Crippen molar-refractivity contribution in [2.45, 2.75) is 51.6 Å². The fourth-order valence-corrected chi connectivity index (χ4v) is 16.2. The summed E-state index contributed by atoms with van der Waals surface area (Å²) in [5.74, 6) is 0.416. The van der Waals surface area contributed by atoms with Crippen molar-refractivity contribution in [2.24, 2.45) is 11.8 Å². The molecule has 0 saturated carbocycles. The van der Waals surface area contributed by atoms with Crippen molar-refractivity contribution in [1.29, 1.82) is 0 Å². The van der Waals surface area contributed by atoms with E-state index in [4.69, 9.17) is 8.85 Å². The molecule has 0 fully saturated rings. The second-order valence-electron chi connectivity index (χ2n) is 14.0. The van der Waals surface area contributed by atoms with Crippen LogP contribution in [0.3, 0.4) is 0 Å². The largest absolute Gasteiger partial charge is 0.407 e. The van der Waals surface area contributed by atoms with Crippen LogP contribution < -0.4 is 20.7 Å². The average molecular weight is 617 g/mol. The van der Waals surface area contributed by atoms with E-state index < -0.39 is 16.6 Å². The maximum atomic E-state index is 7.41. The lowest BCUT2D eigenvalue weighted by Crippen LogP contribution is -2.67. The first-order valence-electron chi connectivity index (χ1n) is 15.9. The van der Waals surface area contributed by atoms with Crippen molar-refractivity contribution in [1.82, 2.24) is 0 Å². The fraction of sp³-hybridized carbons (Fsp3) is 0.300. The predicted molar refractivity (Wildman–Crippen MR) is 192 cm³/mol. The SMILES string of the molecule is CC(C)(C)[Si](OC[C@H]1C=CC=C[C@@H]1CO[Si](c1ccccc1)(c1ccccc1)C(C)(C)C)(c1ccccc1)c1ccccc1. The monoisotopic (exact) mass is 616 g/mol. The highest BCUT2D eigenvalue weighted by Crippen LogP contribution is 2.39. The Morgan fingerprint density at radius 3 is 0.909 bits per heavy atom. The molecule has 44 heavy (non-hydrogen) atoms. The zero-order valence-corrected chi connectivity index (χ0v) is 29.2. The molecule has 0 unspecified atom stereocenters. The summed E-state index contributed by atoms with van der Waals surface area (Å²) in [6.45, 7) is 15.4. The Balaban J connectivity index is 1.48. The second-order valence-corrected chi connectivity index (χ2v) is 22.7. The molecule has 0 N–H and O–H groups in total. The quantitative estimate of drug-likeness (QED) is 0.172. The molecule has 2 nitrogen and oxygen atoms in total. The van der Waals surface area contributed by atoms with Crippen LogP contribution in [-0.2, 0) is 8.85 Å². The molecule has 0 aromatic heterocycles. The van der Waals surface area contributed by atoms with E-state index in [1.807, 2.05) is 0 Å². The maximum absolute atomic E-state index is 7.41. The normalized spacial score (nSPS) is 17.5. The van der Waals surface area contributed by atoms with Crippen LogP contribution in [0.4, 0.5) is 0 Å². The Kier molecular flexibility index (Phi) is 9.76. The molecule has 0 aliphatic heterocycles. The van der Waals surface area contributed by atoms with E-state index in [9.17, 15) is 0 Å². The van der Waals surface area contributed by atoms with Gasteiger partial charge in [0.25, 0.3) is 16.6 Å². The summed E-state index contributed by atoms with van der Waals surface area (Å²) in [6, 6.07) is 43.8. The fourth-order valence-electron chi connectivity index (χ4n) is 7.02. The van der Waals surface area contributed by atoms with E-state index in [1.54, 1.807) is 0 Å². The van der Waals surface area contributed by atoms with Gasteiger partial charge in [-0.2, -0.15) is 0 Å². The summed E-state index contributed by atoms with van der Waals surface area (Å²) < 4.78 is 14.8. The Morgan fingerprint density at radius 1 is 0.432 bits per heavy atom. The van der Waals surface area contributed by atoms with Gasteiger partial charge in [0.2, 0.25) is 0 Å². The molecule has 4 aromatic rings. The lowest BCUT2D eigenvalue weighted by Gasteiger charge is -2.45. The summed E-state index contributed by atoms with van der Waals surface area (Å²) in [5.41, 5.74) is 0. The average Bonchev–Trinajstić information content (AvgIpc) is 3.03. The van der Waals surface area contributed by atoms with Crippen molar-refractivity contribution in [3.05, 3.63) is 146 Å². The first-order valence-corrected chi connectivity index (χ1v) is 19.8. The molecular formula is C40H48O2Si2. The number of hydrogen-bond acceptors (Lipinski definition) is 2. The summed E-state index contributed by atoms with van der Waals surface area (Å²) in [6.07, 6.45) is 9.02. The first kappa shape index (κ1) is 32.1. The van der Waals surface area contributed by atoms with Crippen LogP contribution in [0.5, 0.6) is 0 Å². The Hall–Kier alpha value is -3.29. The molecule has 0 saturated heterocycles. The standard InChI is InChI=1S/C40H48O2Si2/c1-39(2,3)43(35-23-11-7-12-24-35,36-25-13-8-14-26-36)41-31-33-21-19-20-22-34(33)32-42-44(40(4,5)6,37-27-15-9-16-28-37)38-29-17-10-18-30-38/h7-30,33-34H,31-32H2,1-6H3/t33-,34-/m1/s1. The minimum absolute atomic E-state index is 0.0646. The third kappa shape index (κ3) is 6.27. The van der Waals surface area contributed by atoms with E-state index in [0.717, 1.165) is 0 Å². The zero-order valence-electron chi connectivity index (χ0n) is 27.2. The minimum atomic E-state index is -2.65. The van der Waals surface area contributed by atoms with Gasteiger partial charge >= 0.3 is 0 Å².